The van der Waals surface area contributed by atoms with E-state index in [2.05, 4.69) is 20.9 Å². The van der Waals surface area contributed by atoms with Crippen LogP contribution in [-0.2, 0) is 12.7 Å². The first-order chi connectivity index (χ1) is 13.9. The number of hydrogen-bond donors (Lipinski definition) is 0. The van der Waals surface area contributed by atoms with Gasteiger partial charge in [-0.3, -0.25) is 19.7 Å². The van der Waals surface area contributed by atoms with E-state index in [1.165, 1.54) is 6.07 Å². The minimum absolute atomic E-state index is 0.171. The predicted octanol–water partition coefficient (Wildman–Crippen LogP) is 3.61. The summed E-state index contributed by atoms with van der Waals surface area (Å²) in [6, 6.07) is 12.1. The van der Waals surface area contributed by atoms with E-state index in [9.17, 15) is 18.0 Å². The molecule has 1 aromatic carbocycles. The molecule has 0 bridgehead atoms. The Morgan fingerprint density at radius 1 is 0.966 bits per heavy atom. The minimum atomic E-state index is -4.51. The molecule has 5 nitrogen and oxygen atoms in total. The molecule has 0 spiro atoms. The smallest absolute Gasteiger partial charge is 0.336 e. The van der Waals surface area contributed by atoms with Gasteiger partial charge in [0.2, 0.25) is 0 Å². The fourth-order valence-corrected chi connectivity index (χ4v) is 3.52. The van der Waals surface area contributed by atoms with Crippen molar-refractivity contribution in [2.24, 2.45) is 0 Å². The molecule has 1 aliphatic heterocycles. The Morgan fingerprint density at radius 3 is 2.41 bits per heavy atom. The molecule has 0 aliphatic carbocycles. The maximum atomic E-state index is 12.6. The molecule has 150 valence electrons. The van der Waals surface area contributed by atoms with Crippen molar-refractivity contribution in [2.45, 2.75) is 12.7 Å². The summed E-state index contributed by atoms with van der Waals surface area (Å²) in [5, 5.41) is 1.09. The fraction of sp³-hybridized carbons (Fsp3) is 0.286. The molecule has 0 N–H and O–H groups in total. The second-order valence-electron chi connectivity index (χ2n) is 6.99. The van der Waals surface area contributed by atoms with Gasteiger partial charge in [-0.05, 0) is 23.8 Å². The van der Waals surface area contributed by atoms with Crippen molar-refractivity contribution in [1.29, 1.82) is 0 Å². The Hall–Kier alpha value is -3.00. The fourth-order valence-electron chi connectivity index (χ4n) is 3.52. The Morgan fingerprint density at radius 2 is 1.72 bits per heavy atom. The van der Waals surface area contributed by atoms with Crippen molar-refractivity contribution >= 4 is 16.8 Å². The van der Waals surface area contributed by atoms with E-state index >= 15 is 0 Å². The summed E-state index contributed by atoms with van der Waals surface area (Å²) >= 11 is 0. The van der Waals surface area contributed by atoms with Gasteiger partial charge in [-0.15, -0.1) is 0 Å². The van der Waals surface area contributed by atoms with Crippen LogP contribution in [0.1, 0.15) is 21.6 Å². The molecule has 29 heavy (non-hydrogen) atoms. The van der Waals surface area contributed by atoms with E-state index in [0.717, 1.165) is 35.3 Å². The zero-order valence-corrected chi connectivity index (χ0v) is 15.6. The van der Waals surface area contributed by atoms with Crippen LogP contribution in [0, 0.1) is 0 Å². The van der Waals surface area contributed by atoms with Crippen LogP contribution in [0.5, 0.6) is 0 Å². The number of alkyl halides is 3. The van der Waals surface area contributed by atoms with Gasteiger partial charge in [-0.2, -0.15) is 13.2 Å². The van der Waals surface area contributed by atoms with Crippen molar-refractivity contribution < 1.29 is 18.0 Å². The summed E-state index contributed by atoms with van der Waals surface area (Å²) in [7, 11) is 0. The highest BCUT2D eigenvalue weighted by Gasteiger charge is 2.32. The Labute approximate surface area is 165 Å². The summed E-state index contributed by atoms with van der Waals surface area (Å²) in [6.45, 7) is 3.13. The molecule has 4 rings (SSSR count). The van der Waals surface area contributed by atoms with Crippen LogP contribution in [0.15, 0.2) is 54.9 Å². The molecular formula is C21H19F3N4O. The SMILES string of the molecule is O=C(c1ccc(C(F)(F)F)nc1)N1CCN(Cc2cccc3cccnc23)CC1. The number of piperazine rings is 1. The third-order valence-corrected chi connectivity index (χ3v) is 5.07. The molecule has 1 fully saturated rings. The molecule has 8 heteroatoms. The van der Waals surface area contributed by atoms with Crippen LogP contribution in [-0.4, -0.2) is 51.9 Å². The summed E-state index contributed by atoms with van der Waals surface area (Å²) < 4.78 is 37.9. The van der Waals surface area contributed by atoms with Crippen molar-refractivity contribution in [3.63, 3.8) is 0 Å². The van der Waals surface area contributed by atoms with Crippen LogP contribution < -0.4 is 0 Å². The summed E-state index contributed by atoms with van der Waals surface area (Å²) in [5.74, 6) is -0.294. The molecule has 0 radical (unpaired) electrons. The number of carbonyl (C=O) groups is 1. The lowest BCUT2D eigenvalue weighted by molar-refractivity contribution is -0.141. The van der Waals surface area contributed by atoms with Gasteiger partial charge in [0.05, 0.1) is 11.1 Å². The number of rotatable bonds is 3. The number of aromatic nitrogens is 2. The average Bonchev–Trinajstić information content (AvgIpc) is 2.73. The standard InChI is InChI=1S/C21H19F3N4O/c22-21(23,24)18-7-6-16(13-26-18)20(29)28-11-9-27(10-12-28)14-17-4-1-3-15-5-2-8-25-19(15)17/h1-8,13H,9-12,14H2. The number of carbonyl (C=O) groups excluding carboxylic acids is 1. The predicted molar refractivity (Wildman–Crippen MR) is 102 cm³/mol. The van der Waals surface area contributed by atoms with Crippen LogP contribution in [0.4, 0.5) is 13.2 Å². The maximum Gasteiger partial charge on any atom is 0.433 e. The third kappa shape index (κ3) is 4.22. The van der Waals surface area contributed by atoms with Crippen molar-refractivity contribution in [2.75, 3.05) is 26.2 Å². The molecule has 0 saturated carbocycles. The maximum absolute atomic E-state index is 12.6. The lowest BCUT2D eigenvalue weighted by atomic mass is 10.1. The number of benzene rings is 1. The van der Waals surface area contributed by atoms with Gasteiger partial charge in [0.15, 0.2) is 0 Å². The lowest BCUT2D eigenvalue weighted by Crippen LogP contribution is -2.48. The largest absolute Gasteiger partial charge is 0.433 e. The topological polar surface area (TPSA) is 49.3 Å². The summed E-state index contributed by atoms with van der Waals surface area (Å²) in [6.07, 6.45) is -1.73. The monoisotopic (exact) mass is 400 g/mol. The van der Waals surface area contributed by atoms with E-state index in [-0.39, 0.29) is 11.5 Å². The van der Waals surface area contributed by atoms with Gasteiger partial charge in [0.1, 0.15) is 5.69 Å². The molecule has 3 aromatic rings. The summed E-state index contributed by atoms with van der Waals surface area (Å²) in [4.78, 5) is 24.3. The van der Waals surface area contributed by atoms with Crippen LogP contribution >= 0.6 is 0 Å². The van der Waals surface area contributed by atoms with Gasteiger partial charge in [-0.25, -0.2) is 0 Å². The number of pyridine rings is 2. The van der Waals surface area contributed by atoms with E-state index < -0.39 is 11.9 Å². The third-order valence-electron chi connectivity index (χ3n) is 5.07. The normalized spacial score (nSPS) is 15.6. The van der Waals surface area contributed by atoms with Crippen molar-refractivity contribution in [3.05, 3.63) is 71.7 Å². The Bertz CT molecular complexity index is 1010. The summed E-state index contributed by atoms with van der Waals surface area (Å²) in [5.41, 5.74) is 1.28. The van der Waals surface area contributed by atoms with Gasteiger partial charge >= 0.3 is 6.18 Å². The molecule has 0 atom stereocenters. The zero-order chi connectivity index (χ0) is 20.4. The molecule has 1 amide bonds. The second-order valence-corrected chi connectivity index (χ2v) is 6.99. The number of nitrogens with zero attached hydrogens (tertiary/aromatic N) is 4. The highest BCUT2D eigenvalue weighted by molar-refractivity contribution is 5.94. The van der Waals surface area contributed by atoms with E-state index in [1.807, 2.05) is 24.3 Å². The van der Waals surface area contributed by atoms with Crippen molar-refractivity contribution in [1.82, 2.24) is 19.8 Å². The van der Waals surface area contributed by atoms with Gasteiger partial charge in [0.25, 0.3) is 5.91 Å². The Kier molecular flexibility index (Phi) is 5.19. The molecule has 2 aromatic heterocycles. The molecule has 1 saturated heterocycles. The van der Waals surface area contributed by atoms with Crippen LogP contribution in [0.2, 0.25) is 0 Å². The number of halogens is 3. The van der Waals surface area contributed by atoms with Crippen LogP contribution in [0.25, 0.3) is 10.9 Å². The first-order valence-electron chi connectivity index (χ1n) is 9.29. The first-order valence-corrected chi connectivity index (χ1v) is 9.29. The number of para-hydroxylation sites is 1. The lowest BCUT2D eigenvalue weighted by Gasteiger charge is -2.34. The van der Waals surface area contributed by atoms with E-state index in [1.54, 1.807) is 11.1 Å². The molecule has 1 aliphatic rings. The van der Waals surface area contributed by atoms with Crippen molar-refractivity contribution in [3.8, 4) is 0 Å². The highest BCUT2D eigenvalue weighted by atomic mass is 19.4. The average molecular weight is 400 g/mol. The number of fused-ring (bicyclic) bond motifs is 1. The number of hydrogen-bond acceptors (Lipinski definition) is 4. The van der Waals surface area contributed by atoms with E-state index in [4.69, 9.17) is 0 Å². The molecule has 0 unspecified atom stereocenters. The molecule has 3 heterocycles. The van der Waals surface area contributed by atoms with Gasteiger partial charge in [-0.1, -0.05) is 24.3 Å². The van der Waals surface area contributed by atoms with E-state index in [0.29, 0.717) is 26.2 Å². The van der Waals surface area contributed by atoms with Gasteiger partial charge in [0, 0.05) is 50.5 Å². The minimum Gasteiger partial charge on any atom is -0.336 e. The number of amides is 1. The van der Waals surface area contributed by atoms with Crippen LogP contribution in [0.3, 0.4) is 0 Å². The molecular weight excluding hydrogens is 381 g/mol. The zero-order valence-electron chi connectivity index (χ0n) is 15.6. The highest BCUT2D eigenvalue weighted by Crippen LogP contribution is 2.27. The first kappa shape index (κ1) is 19.3. The van der Waals surface area contributed by atoms with Gasteiger partial charge < -0.3 is 4.90 Å². The Balaban J connectivity index is 1.38. The quantitative estimate of drug-likeness (QED) is 0.674. The second kappa shape index (κ2) is 7.79.